The van der Waals surface area contributed by atoms with Gasteiger partial charge >= 0.3 is 0 Å². The number of amidine groups is 1. The van der Waals surface area contributed by atoms with Crippen molar-refractivity contribution < 1.29 is 0 Å². The second kappa shape index (κ2) is 6.53. The van der Waals surface area contributed by atoms with Crippen LogP contribution in [0.3, 0.4) is 0 Å². The molecular formula is C20H19N7. The molecule has 0 aliphatic carbocycles. The molecule has 2 heterocycles. The Morgan fingerprint density at radius 1 is 0.926 bits per heavy atom. The molecule has 0 spiro atoms. The number of nitrogens with one attached hydrogen (secondary N) is 1. The summed E-state index contributed by atoms with van der Waals surface area (Å²) >= 11 is 0. The van der Waals surface area contributed by atoms with Crippen molar-refractivity contribution in [2.75, 3.05) is 10.7 Å². The highest BCUT2D eigenvalue weighted by atomic mass is 15.5. The predicted molar refractivity (Wildman–Crippen MR) is 110 cm³/mol. The standard InChI is InChI=1S/C20H19N7/c1-13-17(19(21)26(24-13)15-9-5-3-6-10-15)23-18-14(2)25-27(20(18)22)16-11-7-4-8-12-16/h3-12,21H,22H2,1-2H3. The van der Waals surface area contributed by atoms with Crippen molar-refractivity contribution >= 4 is 34.5 Å². The molecule has 3 N–H and O–H groups in total. The molecule has 0 atom stereocenters. The minimum Gasteiger partial charge on any atom is -0.382 e. The van der Waals surface area contributed by atoms with Crippen LogP contribution in [0.1, 0.15) is 12.6 Å². The van der Waals surface area contributed by atoms with E-state index in [2.05, 4.69) is 15.2 Å². The monoisotopic (exact) mass is 357 g/mol. The molecule has 0 fully saturated rings. The van der Waals surface area contributed by atoms with Gasteiger partial charge in [0.05, 0.1) is 22.8 Å². The van der Waals surface area contributed by atoms with Gasteiger partial charge in [0.2, 0.25) is 0 Å². The first kappa shape index (κ1) is 16.7. The Balaban J connectivity index is 1.74. The second-order valence-corrected chi connectivity index (χ2v) is 6.21. The number of hydrazone groups is 1. The van der Waals surface area contributed by atoms with Crippen molar-refractivity contribution in [1.82, 2.24) is 9.78 Å². The van der Waals surface area contributed by atoms with Crippen molar-refractivity contribution in [3.8, 4) is 5.69 Å². The molecule has 1 aliphatic rings. The Hall–Kier alpha value is -3.74. The van der Waals surface area contributed by atoms with Gasteiger partial charge in [0.1, 0.15) is 11.4 Å². The zero-order valence-corrected chi connectivity index (χ0v) is 15.1. The van der Waals surface area contributed by atoms with E-state index in [1.807, 2.05) is 74.5 Å². The third kappa shape index (κ3) is 2.89. The van der Waals surface area contributed by atoms with Crippen LogP contribution in [-0.2, 0) is 0 Å². The zero-order chi connectivity index (χ0) is 19.0. The van der Waals surface area contributed by atoms with Crippen molar-refractivity contribution in [3.05, 3.63) is 66.4 Å². The van der Waals surface area contributed by atoms with Crippen molar-refractivity contribution in [2.45, 2.75) is 13.8 Å². The number of nitrogen functional groups attached to an aromatic ring is 1. The highest BCUT2D eigenvalue weighted by Gasteiger charge is 2.28. The summed E-state index contributed by atoms with van der Waals surface area (Å²) in [5.41, 5.74) is 10.4. The van der Waals surface area contributed by atoms with Gasteiger partial charge in [0.25, 0.3) is 0 Å². The Kier molecular flexibility index (Phi) is 4.04. The number of aryl methyl sites for hydroxylation is 1. The number of aliphatic imine (C=N–C) groups is 1. The minimum atomic E-state index is 0.213. The van der Waals surface area contributed by atoms with E-state index in [0.717, 1.165) is 11.4 Å². The summed E-state index contributed by atoms with van der Waals surface area (Å²) in [6.07, 6.45) is 0. The quantitative estimate of drug-likeness (QED) is 0.748. The van der Waals surface area contributed by atoms with E-state index in [-0.39, 0.29) is 5.84 Å². The largest absolute Gasteiger partial charge is 0.382 e. The molecule has 7 nitrogen and oxygen atoms in total. The third-order valence-electron chi connectivity index (χ3n) is 4.32. The number of anilines is 2. The SMILES string of the molecule is CC1=NN(c2ccccc2)C(=N)C1=Nc1c(C)nn(-c2ccccc2)c1N. The summed E-state index contributed by atoms with van der Waals surface area (Å²) in [6.45, 7) is 3.69. The molecule has 0 bridgehead atoms. The van der Waals surface area contributed by atoms with E-state index < -0.39 is 0 Å². The molecule has 0 amide bonds. The predicted octanol–water partition coefficient (Wildman–Crippen LogP) is 3.71. The first-order chi connectivity index (χ1) is 13.1. The lowest BCUT2D eigenvalue weighted by atomic mass is 10.2. The van der Waals surface area contributed by atoms with E-state index in [9.17, 15) is 0 Å². The van der Waals surface area contributed by atoms with Gasteiger partial charge in [-0.2, -0.15) is 10.2 Å². The van der Waals surface area contributed by atoms with Gasteiger partial charge in [0.15, 0.2) is 11.7 Å². The number of benzene rings is 2. The first-order valence-corrected chi connectivity index (χ1v) is 8.55. The van der Waals surface area contributed by atoms with Crippen LogP contribution in [0.15, 0.2) is 70.8 Å². The van der Waals surface area contributed by atoms with Gasteiger partial charge in [-0.25, -0.2) is 14.7 Å². The molecule has 3 aromatic rings. The molecule has 1 aliphatic heterocycles. The molecule has 134 valence electrons. The number of aromatic nitrogens is 2. The topological polar surface area (TPSA) is 95.6 Å². The van der Waals surface area contributed by atoms with Gasteiger partial charge in [0, 0.05) is 0 Å². The molecule has 27 heavy (non-hydrogen) atoms. The Morgan fingerprint density at radius 3 is 2.15 bits per heavy atom. The zero-order valence-electron chi connectivity index (χ0n) is 15.1. The van der Waals surface area contributed by atoms with E-state index in [0.29, 0.717) is 28.6 Å². The van der Waals surface area contributed by atoms with E-state index in [4.69, 9.17) is 11.1 Å². The summed E-state index contributed by atoms with van der Waals surface area (Å²) in [5.74, 6) is 0.648. The summed E-state index contributed by atoms with van der Waals surface area (Å²) in [6, 6.07) is 19.2. The van der Waals surface area contributed by atoms with E-state index >= 15 is 0 Å². The molecule has 2 aromatic carbocycles. The van der Waals surface area contributed by atoms with Gasteiger partial charge < -0.3 is 5.73 Å². The number of para-hydroxylation sites is 2. The Labute approximate surface area is 157 Å². The van der Waals surface area contributed by atoms with E-state index in [1.54, 1.807) is 9.69 Å². The average Bonchev–Trinajstić information content (AvgIpc) is 3.14. The van der Waals surface area contributed by atoms with Gasteiger partial charge in [-0.3, -0.25) is 5.41 Å². The molecule has 0 saturated carbocycles. The third-order valence-corrected chi connectivity index (χ3v) is 4.32. The normalized spacial score (nSPS) is 15.5. The highest BCUT2D eigenvalue weighted by Crippen LogP contribution is 2.30. The molecule has 0 saturated heterocycles. The number of nitrogens with zero attached hydrogens (tertiary/aromatic N) is 5. The average molecular weight is 357 g/mol. The Bertz CT molecular complexity index is 1060. The highest BCUT2D eigenvalue weighted by molar-refractivity contribution is 6.72. The van der Waals surface area contributed by atoms with Crippen molar-refractivity contribution in [2.24, 2.45) is 10.1 Å². The number of rotatable bonds is 3. The first-order valence-electron chi connectivity index (χ1n) is 8.55. The van der Waals surface area contributed by atoms with Crippen LogP contribution in [0.25, 0.3) is 5.69 Å². The summed E-state index contributed by atoms with van der Waals surface area (Å²) in [5, 5.41) is 19.1. The van der Waals surface area contributed by atoms with Gasteiger partial charge in [-0.1, -0.05) is 36.4 Å². The molecule has 1 aromatic heterocycles. The smallest absolute Gasteiger partial charge is 0.174 e. The fraction of sp³-hybridized carbons (Fsp3) is 0.100. The molecule has 0 unspecified atom stereocenters. The summed E-state index contributed by atoms with van der Waals surface area (Å²) in [7, 11) is 0. The summed E-state index contributed by atoms with van der Waals surface area (Å²) in [4.78, 5) is 4.65. The lowest BCUT2D eigenvalue weighted by molar-refractivity contribution is 0.872. The number of nitrogens with two attached hydrogens (primary N) is 1. The molecular weight excluding hydrogens is 338 g/mol. The summed E-state index contributed by atoms with van der Waals surface area (Å²) < 4.78 is 1.66. The van der Waals surface area contributed by atoms with Crippen molar-refractivity contribution in [1.29, 1.82) is 5.41 Å². The second-order valence-electron chi connectivity index (χ2n) is 6.21. The molecule has 7 heteroatoms. The maximum absolute atomic E-state index is 8.50. The number of hydrogen-bond acceptors (Lipinski definition) is 5. The van der Waals surface area contributed by atoms with Crippen LogP contribution in [0.4, 0.5) is 17.2 Å². The lowest BCUT2D eigenvalue weighted by Crippen LogP contribution is -2.26. The minimum absolute atomic E-state index is 0.213. The van der Waals surface area contributed by atoms with Crippen LogP contribution < -0.4 is 10.7 Å². The van der Waals surface area contributed by atoms with Crippen LogP contribution in [-0.4, -0.2) is 27.0 Å². The molecule has 4 rings (SSSR count). The fourth-order valence-electron chi connectivity index (χ4n) is 2.96. The van der Waals surface area contributed by atoms with Crippen LogP contribution >= 0.6 is 0 Å². The van der Waals surface area contributed by atoms with Crippen LogP contribution in [0.2, 0.25) is 0 Å². The maximum Gasteiger partial charge on any atom is 0.174 e. The van der Waals surface area contributed by atoms with E-state index in [1.165, 1.54) is 0 Å². The maximum atomic E-state index is 8.50. The van der Waals surface area contributed by atoms with Gasteiger partial charge in [-0.15, -0.1) is 0 Å². The van der Waals surface area contributed by atoms with Crippen LogP contribution in [0, 0.1) is 12.3 Å². The molecule has 0 radical (unpaired) electrons. The fourth-order valence-corrected chi connectivity index (χ4v) is 2.96. The van der Waals surface area contributed by atoms with Gasteiger partial charge in [-0.05, 0) is 38.1 Å². The van der Waals surface area contributed by atoms with Crippen molar-refractivity contribution in [3.63, 3.8) is 0 Å². The Morgan fingerprint density at radius 2 is 1.52 bits per heavy atom. The number of hydrogen-bond donors (Lipinski definition) is 2. The lowest BCUT2D eigenvalue weighted by Gasteiger charge is -2.13. The van der Waals surface area contributed by atoms with Crippen LogP contribution in [0.5, 0.6) is 0 Å².